The van der Waals surface area contributed by atoms with Gasteiger partial charge in [0.25, 0.3) is 0 Å². The zero-order valence-electron chi connectivity index (χ0n) is 12.0. The molecule has 20 heavy (non-hydrogen) atoms. The van der Waals surface area contributed by atoms with Gasteiger partial charge in [0.1, 0.15) is 0 Å². The third-order valence-corrected chi connectivity index (χ3v) is 3.31. The molecule has 4 nitrogen and oxygen atoms in total. The van der Waals surface area contributed by atoms with Gasteiger partial charge in [0.05, 0.1) is 6.04 Å². The van der Waals surface area contributed by atoms with Gasteiger partial charge in [0.15, 0.2) is 0 Å². The second-order valence-corrected chi connectivity index (χ2v) is 4.89. The molecular weight excluding hydrogens is 250 g/mol. The van der Waals surface area contributed by atoms with Gasteiger partial charge in [-0.15, -0.1) is 0 Å². The lowest BCUT2D eigenvalue weighted by Crippen LogP contribution is -2.14. The van der Waals surface area contributed by atoms with Gasteiger partial charge in [-0.25, -0.2) is 9.97 Å². The summed E-state index contributed by atoms with van der Waals surface area (Å²) in [5.74, 6) is 0.598. The monoisotopic (exact) mass is 271 g/mol. The van der Waals surface area contributed by atoms with Gasteiger partial charge in [0, 0.05) is 19.0 Å². The third-order valence-electron chi connectivity index (χ3n) is 3.31. The number of aryl methyl sites for hydroxylation is 2. The van der Waals surface area contributed by atoms with Crippen molar-refractivity contribution >= 4 is 5.95 Å². The summed E-state index contributed by atoms with van der Waals surface area (Å²) >= 11 is 0. The Labute approximate surface area is 119 Å². The number of benzene rings is 1. The number of rotatable bonds is 6. The first kappa shape index (κ1) is 14.5. The molecule has 1 aromatic heterocycles. The van der Waals surface area contributed by atoms with Gasteiger partial charge in [-0.05, 0) is 30.9 Å². The van der Waals surface area contributed by atoms with E-state index in [2.05, 4.69) is 53.4 Å². The summed E-state index contributed by atoms with van der Waals surface area (Å²) in [5, 5.41) is 12.5. The summed E-state index contributed by atoms with van der Waals surface area (Å²) < 4.78 is 0. The molecule has 1 aromatic carbocycles. The van der Waals surface area contributed by atoms with E-state index >= 15 is 0 Å². The highest BCUT2D eigenvalue weighted by Crippen LogP contribution is 2.21. The molecule has 0 unspecified atom stereocenters. The molecule has 2 aromatic rings. The molecule has 0 fully saturated rings. The Morgan fingerprint density at radius 1 is 1.15 bits per heavy atom. The fourth-order valence-electron chi connectivity index (χ4n) is 2.02. The second-order valence-electron chi connectivity index (χ2n) is 4.89. The zero-order chi connectivity index (χ0) is 14.4. The molecular formula is C16H21N3O. The average molecular weight is 271 g/mol. The lowest BCUT2D eigenvalue weighted by molar-refractivity contribution is 0.280. The minimum atomic E-state index is 0.0214. The molecule has 4 heteroatoms. The summed E-state index contributed by atoms with van der Waals surface area (Å²) in [6, 6.07) is 8.31. The predicted octanol–water partition coefficient (Wildman–Crippen LogP) is 2.88. The minimum absolute atomic E-state index is 0.0214. The van der Waals surface area contributed by atoms with Crippen molar-refractivity contribution in [1.29, 1.82) is 0 Å². The van der Waals surface area contributed by atoms with E-state index in [1.54, 1.807) is 0 Å². The predicted molar refractivity (Wildman–Crippen MR) is 80.7 cm³/mol. The van der Waals surface area contributed by atoms with Crippen molar-refractivity contribution in [2.45, 2.75) is 32.7 Å². The number of aliphatic hydroxyl groups excluding tert-OH is 1. The van der Waals surface area contributed by atoms with Crippen molar-refractivity contribution in [3.63, 3.8) is 0 Å². The second kappa shape index (κ2) is 7.01. The molecule has 106 valence electrons. The number of aromatic nitrogens is 2. The van der Waals surface area contributed by atoms with Crippen molar-refractivity contribution in [3.05, 3.63) is 53.3 Å². The topological polar surface area (TPSA) is 58.0 Å². The summed E-state index contributed by atoms with van der Waals surface area (Å²) in [6.07, 6.45) is 5.22. The van der Waals surface area contributed by atoms with Crippen LogP contribution < -0.4 is 5.32 Å². The van der Waals surface area contributed by atoms with E-state index in [9.17, 15) is 5.11 Å². The third kappa shape index (κ3) is 3.78. The Morgan fingerprint density at radius 2 is 1.80 bits per heavy atom. The molecule has 0 aliphatic rings. The first-order chi connectivity index (χ1) is 9.72. The Hall–Kier alpha value is -1.94. The van der Waals surface area contributed by atoms with Gasteiger partial charge < -0.3 is 10.4 Å². The van der Waals surface area contributed by atoms with Crippen LogP contribution in [-0.4, -0.2) is 21.7 Å². The maximum Gasteiger partial charge on any atom is 0.223 e. The fraction of sp³-hybridized carbons (Fsp3) is 0.375. The van der Waals surface area contributed by atoms with Crippen LogP contribution in [0.2, 0.25) is 0 Å². The molecule has 0 bridgehead atoms. The molecule has 2 rings (SSSR count). The van der Waals surface area contributed by atoms with E-state index in [-0.39, 0.29) is 12.6 Å². The minimum Gasteiger partial charge on any atom is -0.396 e. The number of hydrogen-bond acceptors (Lipinski definition) is 4. The Kier molecular flexibility index (Phi) is 5.07. The number of aliphatic hydroxyl groups is 1. The number of nitrogens with one attached hydrogen (secondary N) is 1. The molecule has 1 atom stereocenters. The van der Waals surface area contributed by atoms with Crippen molar-refractivity contribution < 1.29 is 5.11 Å². The molecule has 1 heterocycles. The normalized spacial score (nSPS) is 12.2. The smallest absolute Gasteiger partial charge is 0.223 e. The van der Waals surface area contributed by atoms with Gasteiger partial charge >= 0.3 is 0 Å². The molecule has 0 aliphatic carbocycles. The molecule has 2 N–H and O–H groups in total. The largest absolute Gasteiger partial charge is 0.396 e. The van der Waals surface area contributed by atoms with E-state index in [0.717, 1.165) is 17.5 Å². The van der Waals surface area contributed by atoms with E-state index < -0.39 is 0 Å². The lowest BCUT2D eigenvalue weighted by atomic mass is 10.0. The maximum atomic E-state index is 9.23. The van der Waals surface area contributed by atoms with Crippen molar-refractivity contribution in [2.75, 3.05) is 11.9 Å². The molecule has 0 spiro atoms. The van der Waals surface area contributed by atoms with Crippen molar-refractivity contribution in [2.24, 2.45) is 0 Å². The lowest BCUT2D eigenvalue weighted by Gasteiger charge is -2.18. The highest BCUT2D eigenvalue weighted by molar-refractivity contribution is 5.33. The molecule has 0 amide bonds. The molecule has 0 radical (unpaired) electrons. The first-order valence-electron chi connectivity index (χ1n) is 6.97. The SMILES string of the molecule is CCc1cnc(N[C@H](CCO)c2ccc(C)cc2)nc1. The number of anilines is 1. The Bertz CT molecular complexity index is 522. The summed E-state index contributed by atoms with van der Waals surface area (Å²) in [4.78, 5) is 8.62. The van der Waals surface area contributed by atoms with Crippen LogP contribution in [0.5, 0.6) is 0 Å². The molecule has 0 saturated heterocycles. The van der Waals surface area contributed by atoms with Crippen LogP contribution in [0.3, 0.4) is 0 Å². The summed E-state index contributed by atoms with van der Waals surface area (Å²) in [7, 11) is 0. The van der Waals surface area contributed by atoms with E-state index in [4.69, 9.17) is 0 Å². The van der Waals surface area contributed by atoms with Gasteiger partial charge in [-0.3, -0.25) is 0 Å². The maximum absolute atomic E-state index is 9.23. The van der Waals surface area contributed by atoms with E-state index in [1.807, 2.05) is 12.4 Å². The highest BCUT2D eigenvalue weighted by Gasteiger charge is 2.12. The van der Waals surface area contributed by atoms with Crippen LogP contribution in [0.1, 0.15) is 36.1 Å². The van der Waals surface area contributed by atoms with Crippen LogP contribution >= 0.6 is 0 Å². The van der Waals surface area contributed by atoms with Crippen LogP contribution in [-0.2, 0) is 6.42 Å². The standard InChI is InChI=1S/C16H21N3O/c1-3-13-10-17-16(18-11-13)19-15(8-9-20)14-6-4-12(2)5-7-14/h4-7,10-11,15,20H,3,8-9H2,1-2H3,(H,17,18,19)/t15-/m1/s1. The highest BCUT2D eigenvalue weighted by atomic mass is 16.3. The van der Waals surface area contributed by atoms with Crippen LogP contribution in [0.25, 0.3) is 0 Å². The number of nitrogens with zero attached hydrogens (tertiary/aromatic N) is 2. The summed E-state index contributed by atoms with van der Waals surface area (Å²) in [5.41, 5.74) is 3.47. The van der Waals surface area contributed by atoms with Crippen molar-refractivity contribution in [1.82, 2.24) is 9.97 Å². The molecule has 0 aliphatic heterocycles. The zero-order valence-corrected chi connectivity index (χ0v) is 12.0. The quantitative estimate of drug-likeness (QED) is 0.848. The van der Waals surface area contributed by atoms with Crippen LogP contribution in [0.15, 0.2) is 36.7 Å². The van der Waals surface area contributed by atoms with Crippen molar-refractivity contribution in [3.8, 4) is 0 Å². The van der Waals surface area contributed by atoms with Crippen LogP contribution in [0.4, 0.5) is 5.95 Å². The van der Waals surface area contributed by atoms with Crippen LogP contribution in [0, 0.1) is 6.92 Å². The first-order valence-corrected chi connectivity index (χ1v) is 6.97. The van der Waals surface area contributed by atoms with E-state index in [0.29, 0.717) is 12.4 Å². The summed E-state index contributed by atoms with van der Waals surface area (Å²) in [6.45, 7) is 4.26. The van der Waals surface area contributed by atoms with Gasteiger partial charge in [-0.1, -0.05) is 36.8 Å². The Morgan fingerprint density at radius 3 is 2.35 bits per heavy atom. The average Bonchev–Trinajstić information content (AvgIpc) is 2.48. The van der Waals surface area contributed by atoms with Gasteiger partial charge in [-0.2, -0.15) is 0 Å². The molecule has 0 saturated carbocycles. The van der Waals surface area contributed by atoms with Gasteiger partial charge in [0.2, 0.25) is 5.95 Å². The van der Waals surface area contributed by atoms with E-state index in [1.165, 1.54) is 5.56 Å². The fourth-order valence-corrected chi connectivity index (χ4v) is 2.02. The number of hydrogen-bond donors (Lipinski definition) is 2. The Balaban J connectivity index is 2.13.